The second kappa shape index (κ2) is 8.58. The summed E-state index contributed by atoms with van der Waals surface area (Å²) in [5.41, 5.74) is 3.06. The van der Waals surface area contributed by atoms with Gasteiger partial charge in [0, 0.05) is 11.4 Å². The number of carbonyl (C=O) groups is 2. The molecule has 0 bridgehead atoms. The Morgan fingerprint density at radius 1 is 1.08 bits per heavy atom. The van der Waals surface area contributed by atoms with Crippen molar-refractivity contribution in [1.29, 1.82) is 0 Å². The Hall–Kier alpha value is -2.47. The fraction of sp³-hybridized carbons (Fsp3) is 0.263. The molecule has 2 aromatic carbocycles. The van der Waals surface area contributed by atoms with E-state index in [9.17, 15) is 13.8 Å². The molecular weight excluding hydrogens is 338 g/mol. The first-order chi connectivity index (χ1) is 11.9. The van der Waals surface area contributed by atoms with Gasteiger partial charge in [-0.15, -0.1) is 0 Å². The van der Waals surface area contributed by atoms with Crippen LogP contribution in [0, 0.1) is 13.8 Å². The van der Waals surface area contributed by atoms with Crippen LogP contribution in [0.3, 0.4) is 0 Å². The SMILES string of the molecule is CCS(=O)c1ccccc1C(=O)OCC(=O)Nc1ccc(C)c(C)c1. The van der Waals surface area contributed by atoms with Crippen molar-refractivity contribution in [3.63, 3.8) is 0 Å². The van der Waals surface area contributed by atoms with E-state index >= 15 is 0 Å². The molecule has 0 fully saturated rings. The van der Waals surface area contributed by atoms with Gasteiger partial charge in [0.15, 0.2) is 6.61 Å². The molecule has 6 heteroatoms. The Balaban J connectivity index is 1.99. The van der Waals surface area contributed by atoms with Gasteiger partial charge in [-0.3, -0.25) is 9.00 Å². The van der Waals surface area contributed by atoms with Gasteiger partial charge < -0.3 is 10.1 Å². The maximum Gasteiger partial charge on any atom is 0.339 e. The minimum Gasteiger partial charge on any atom is -0.452 e. The third-order valence-electron chi connectivity index (χ3n) is 3.74. The molecule has 0 aromatic heterocycles. The van der Waals surface area contributed by atoms with Crippen LogP contribution >= 0.6 is 0 Å². The molecular formula is C19H21NO4S. The van der Waals surface area contributed by atoms with Gasteiger partial charge in [0.05, 0.1) is 21.3 Å². The quantitative estimate of drug-likeness (QED) is 0.804. The summed E-state index contributed by atoms with van der Waals surface area (Å²) in [4.78, 5) is 24.6. The molecule has 0 radical (unpaired) electrons. The summed E-state index contributed by atoms with van der Waals surface area (Å²) in [7, 11) is -1.27. The highest BCUT2D eigenvalue weighted by Gasteiger charge is 2.17. The summed E-state index contributed by atoms with van der Waals surface area (Å²) in [5.74, 6) is -0.685. The molecule has 0 spiro atoms. The molecule has 0 aliphatic carbocycles. The minimum atomic E-state index is -1.27. The molecule has 2 aromatic rings. The van der Waals surface area contributed by atoms with Gasteiger partial charge in [-0.1, -0.05) is 25.1 Å². The smallest absolute Gasteiger partial charge is 0.339 e. The van der Waals surface area contributed by atoms with Crippen molar-refractivity contribution in [2.75, 3.05) is 17.7 Å². The Labute approximate surface area is 149 Å². The highest BCUT2D eigenvalue weighted by molar-refractivity contribution is 7.85. The van der Waals surface area contributed by atoms with Crippen molar-refractivity contribution in [3.05, 3.63) is 59.2 Å². The Bertz CT molecular complexity index is 817. The Kier molecular flexibility index (Phi) is 6.47. The standard InChI is InChI=1S/C19H21NO4S/c1-4-25(23)17-8-6-5-7-16(17)19(22)24-12-18(21)20-15-10-9-13(2)14(3)11-15/h5-11H,4,12H2,1-3H3,(H,20,21). The van der Waals surface area contributed by atoms with Gasteiger partial charge in [-0.2, -0.15) is 0 Å². The lowest BCUT2D eigenvalue weighted by atomic mass is 10.1. The maximum absolute atomic E-state index is 12.2. The molecule has 1 amide bonds. The van der Waals surface area contributed by atoms with Crippen LogP contribution in [0.2, 0.25) is 0 Å². The normalized spacial score (nSPS) is 11.6. The molecule has 132 valence electrons. The van der Waals surface area contributed by atoms with E-state index in [1.54, 1.807) is 37.3 Å². The topological polar surface area (TPSA) is 72.5 Å². The van der Waals surface area contributed by atoms with Crippen molar-refractivity contribution in [2.45, 2.75) is 25.7 Å². The van der Waals surface area contributed by atoms with Crippen LogP contribution in [-0.2, 0) is 20.3 Å². The van der Waals surface area contributed by atoms with Gasteiger partial charge in [0.25, 0.3) is 5.91 Å². The van der Waals surface area contributed by atoms with Crippen LogP contribution in [-0.4, -0.2) is 28.4 Å². The second-order valence-electron chi connectivity index (χ2n) is 5.55. The summed E-state index contributed by atoms with van der Waals surface area (Å²) in [6, 6.07) is 12.1. The monoisotopic (exact) mass is 359 g/mol. The number of ether oxygens (including phenoxy) is 1. The van der Waals surface area contributed by atoms with Crippen molar-refractivity contribution in [2.24, 2.45) is 0 Å². The number of aryl methyl sites for hydroxylation is 2. The summed E-state index contributed by atoms with van der Waals surface area (Å²) in [6.45, 7) is 5.31. The van der Waals surface area contributed by atoms with E-state index < -0.39 is 29.3 Å². The number of carbonyl (C=O) groups excluding carboxylic acids is 2. The molecule has 1 atom stereocenters. The van der Waals surface area contributed by atoms with Crippen LogP contribution in [0.1, 0.15) is 28.4 Å². The van der Waals surface area contributed by atoms with E-state index in [0.29, 0.717) is 16.3 Å². The van der Waals surface area contributed by atoms with Crippen molar-refractivity contribution < 1.29 is 18.5 Å². The van der Waals surface area contributed by atoms with Crippen molar-refractivity contribution >= 4 is 28.4 Å². The highest BCUT2D eigenvalue weighted by Crippen LogP contribution is 2.16. The average molecular weight is 359 g/mol. The molecule has 0 saturated carbocycles. The number of anilines is 1. The van der Waals surface area contributed by atoms with E-state index in [0.717, 1.165) is 11.1 Å². The van der Waals surface area contributed by atoms with E-state index in [1.165, 1.54) is 0 Å². The van der Waals surface area contributed by atoms with Gasteiger partial charge in [-0.05, 0) is 49.2 Å². The zero-order chi connectivity index (χ0) is 18.4. The first-order valence-electron chi connectivity index (χ1n) is 7.94. The van der Waals surface area contributed by atoms with Crippen LogP contribution < -0.4 is 5.32 Å². The van der Waals surface area contributed by atoms with E-state index in [-0.39, 0.29) is 5.56 Å². The fourth-order valence-electron chi connectivity index (χ4n) is 2.21. The number of amides is 1. The van der Waals surface area contributed by atoms with Gasteiger partial charge in [-0.25, -0.2) is 4.79 Å². The third-order valence-corrected chi connectivity index (χ3v) is 5.11. The highest BCUT2D eigenvalue weighted by atomic mass is 32.2. The van der Waals surface area contributed by atoms with E-state index in [4.69, 9.17) is 4.74 Å². The van der Waals surface area contributed by atoms with E-state index in [2.05, 4.69) is 5.32 Å². The first kappa shape index (κ1) is 18.9. The molecule has 0 saturated heterocycles. The van der Waals surface area contributed by atoms with Gasteiger partial charge in [0.2, 0.25) is 0 Å². The van der Waals surface area contributed by atoms with Crippen LogP contribution in [0.25, 0.3) is 0 Å². The summed E-state index contributed by atoms with van der Waals surface area (Å²) >= 11 is 0. The molecule has 1 N–H and O–H groups in total. The molecule has 2 rings (SSSR count). The number of esters is 1. The molecule has 5 nitrogen and oxygen atoms in total. The maximum atomic E-state index is 12.2. The number of hydrogen-bond acceptors (Lipinski definition) is 4. The number of benzene rings is 2. The predicted octanol–water partition coefficient (Wildman–Crippen LogP) is 3.23. The summed E-state index contributed by atoms with van der Waals surface area (Å²) in [6.07, 6.45) is 0. The van der Waals surface area contributed by atoms with Crippen LogP contribution in [0.15, 0.2) is 47.4 Å². The van der Waals surface area contributed by atoms with Crippen molar-refractivity contribution in [1.82, 2.24) is 0 Å². The number of nitrogens with one attached hydrogen (secondary N) is 1. The van der Waals surface area contributed by atoms with Crippen LogP contribution in [0.5, 0.6) is 0 Å². The van der Waals surface area contributed by atoms with Crippen LogP contribution in [0.4, 0.5) is 5.69 Å². The first-order valence-corrected chi connectivity index (χ1v) is 9.26. The summed E-state index contributed by atoms with van der Waals surface area (Å²) < 4.78 is 17.1. The lowest BCUT2D eigenvalue weighted by molar-refractivity contribution is -0.119. The van der Waals surface area contributed by atoms with Crippen molar-refractivity contribution in [3.8, 4) is 0 Å². The van der Waals surface area contributed by atoms with Gasteiger partial charge in [0.1, 0.15) is 0 Å². The van der Waals surface area contributed by atoms with E-state index in [1.807, 2.05) is 26.0 Å². The zero-order valence-corrected chi connectivity index (χ0v) is 15.3. The Morgan fingerprint density at radius 2 is 1.80 bits per heavy atom. The zero-order valence-electron chi connectivity index (χ0n) is 14.5. The summed E-state index contributed by atoms with van der Waals surface area (Å²) in [5, 5.41) is 2.69. The molecule has 0 aliphatic rings. The lowest BCUT2D eigenvalue weighted by Gasteiger charge is -2.10. The largest absolute Gasteiger partial charge is 0.452 e. The minimum absolute atomic E-state index is 0.224. The Morgan fingerprint density at radius 3 is 2.48 bits per heavy atom. The second-order valence-corrected chi connectivity index (χ2v) is 7.26. The molecule has 0 aliphatic heterocycles. The number of rotatable bonds is 6. The fourth-order valence-corrected chi connectivity index (χ4v) is 3.15. The molecule has 25 heavy (non-hydrogen) atoms. The molecule has 0 heterocycles. The van der Waals surface area contributed by atoms with Gasteiger partial charge >= 0.3 is 5.97 Å². The third kappa shape index (κ3) is 5.00. The predicted molar refractivity (Wildman–Crippen MR) is 98.2 cm³/mol. The number of hydrogen-bond donors (Lipinski definition) is 1. The lowest BCUT2D eigenvalue weighted by Crippen LogP contribution is -2.21. The molecule has 1 unspecified atom stereocenters. The average Bonchev–Trinajstić information content (AvgIpc) is 2.62.